The summed E-state index contributed by atoms with van der Waals surface area (Å²) in [6, 6.07) is 7.14. The van der Waals surface area contributed by atoms with E-state index in [-0.39, 0.29) is 6.54 Å². The number of rotatable bonds is 5. The van der Waals surface area contributed by atoms with Crippen LogP contribution in [0.15, 0.2) is 28.8 Å². The number of aliphatic hydroxyl groups excluding tert-OH is 1. The van der Waals surface area contributed by atoms with Crippen LogP contribution in [0.5, 0.6) is 0 Å². The third-order valence-corrected chi connectivity index (χ3v) is 3.42. The van der Waals surface area contributed by atoms with Crippen LogP contribution >= 0.6 is 0 Å². The topological polar surface area (TPSA) is 87.4 Å². The minimum atomic E-state index is -0.749. The molecule has 6 heteroatoms. The highest BCUT2D eigenvalue weighted by atomic mass is 16.5. The molecular weight excluding hydrogens is 282 g/mol. The number of carbonyl (C=O) groups is 1. The number of amides is 2. The van der Waals surface area contributed by atoms with E-state index in [2.05, 4.69) is 15.8 Å². The van der Waals surface area contributed by atoms with Crippen molar-refractivity contribution in [2.45, 2.75) is 33.3 Å². The summed E-state index contributed by atoms with van der Waals surface area (Å²) in [4.78, 5) is 11.9. The highest BCUT2D eigenvalue weighted by Crippen LogP contribution is 2.20. The van der Waals surface area contributed by atoms with Crippen molar-refractivity contribution in [1.29, 1.82) is 0 Å². The van der Waals surface area contributed by atoms with Crippen LogP contribution in [0.2, 0.25) is 0 Å². The fraction of sp³-hybridized carbons (Fsp3) is 0.375. The molecule has 1 aromatic carbocycles. The molecule has 3 N–H and O–H groups in total. The lowest BCUT2D eigenvalue weighted by atomic mass is 10.1. The molecule has 0 saturated carbocycles. The van der Waals surface area contributed by atoms with Crippen molar-refractivity contribution >= 4 is 11.7 Å². The normalized spacial score (nSPS) is 12.0. The van der Waals surface area contributed by atoms with Gasteiger partial charge in [0.1, 0.15) is 11.4 Å². The van der Waals surface area contributed by atoms with Crippen LogP contribution in [-0.2, 0) is 6.42 Å². The number of carbonyl (C=O) groups excluding carboxylic acids is 1. The van der Waals surface area contributed by atoms with Crippen molar-refractivity contribution in [2.24, 2.45) is 0 Å². The van der Waals surface area contributed by atoms with E-state index in [1.165, 1.54) is 0 Å². The van der Waals surface area contributed by atoms with Crippen LogP contribution in [-0.4, -0.2) is 22.8 Å². The van der Waals surface area contributed by atoms with Crippen molar-refractivity contribution in [3.05, 3.63) is 46.8 Å². The first kappa shape index (κ1) is 16.0. The molecule has 22 heavy (non-hydrogen) atoms. The summed E-state index contributed by atoms with van der Waals surface area (Å²) in [6.45, 7) is 5.78. The fourth-order valence-electron chi connectivity index (χ4n) is 2.07. The third kappa shape index (κ3) is 3.85. The van der Waals surface area contributed by atoms with Gasteiger partial charge in [0.15, 0.2) is 5.76 Å². The largest absolute Gasteiger partial charge is 0.387 e. The van der Waals surface area contributed by atoms with E-state index < -0.39 is 12.1 Å². The molecule has 0 spiro atoms. The van der Waals surface area contributed by atoms with Gasteiger partial charge in [-0.2, -0.15) is 0 Å². The van der Waals surface area contributed by atoms with E-state index in [4.69, 9.17) is 4.52 Å². The maximum atomic E-state index is 11.9. The molecule has 0 aliphatic rings. The summed E-state index contributed by atoms with van der Waals surface area (Å²) in [6.07, 6.45) is -0.0839. The molecular formula is C16H21N3O3. The summed E-state index contributed by atoms with van der Waals surface area (Å²) in [5.41, 5.74) is 3.18. The number of urea groups is 1. The van der Waals surface area contributed by atoms with Gasteiger partial charge in [-0.15, -0.1) is 0 Å². The Labute approximate surface area is 129 Å². The zero-order valence-corrected chi connectivity index (χ0v) is 13.0. The Morgan fingerprint density at radius 1 is 1.32 bits per heavy atom. The Kier molecular flexibility index (Phi) is 5.16. The summed E-state index contributed by atoms with van der Waals surface area (Å²) >= 11 is 0. The second kappa shape index (κ2) is 7.09. The van der Waals surface area contributed by atoms with Gasteiger partial charge in [0.2, 0.25) is 0 Å². The quantitative estimate of drug-likeness (QED) is 0.792. The zero-order valence-electron chi connectivity index (χ0n) is 13.0. The monoisotopic (exact) mass is 303 g/mol. The maximum absolute atomic E-state index is 11.9. The molecule has 0 aliphatic heterocycles. The number of hydrogen-bond acceptors (Lipinski definition) is 4. The van der Waals surface area contributed by atoms with E-state index >= 15 is 0 Å². The second-order valence-corrected chi connectivity index (χ2v) is 5.18. The fourth-order valence-corrected chi connectivity index (χ4v) is 2.07. The molecule has 0 bridgehead atoms. The van der Waals surface area contributed by atoms with Crippen LogP contribution in [0.3, 0.4) is 0 Å². The molecule has 0 fully saturated rings. The first-order valence-corrected chi connectivity index (χ1v) is 7.26. The Balaban J connectivity index is 1.90. The van der Waals surface area contributed by atoms with Crippen molar-refractivity contribution in [3.8, 4) is 0 Å². The number of hydrogen-bond donors (Lipinski definition) is 3. The molecule has 0 radical (unpaired) electrons. The molecule has 118 valence electrons. The number of aromatic nitrogens is 1. The minimum absolute atomic E-state index is 0.126. The molecule has 1 atom stereocenters. The Morgan fingerprint density at radius 2 is 2.00 bits per heavy atom. The molecule has 6 nitrogen and oxygen atoms in total. The first-order valence-electron chi connectivity index (χ1n) is 7.26. The van der Waals surface area contributed by atoms with Crippen molar-refractivity contribution in [2.75, 3.05) is 11.9 Å². The van der Waals surface area contributed by atoms with Gasteiger partial charge < -0.3 is 20.3 Å². The van der Waals surface area contributed by atoms with Gasteiger partial charge in [-0.05, 0) is 25.8 Å². The molecule has 2 aromatic rings. The maximum Gasteiger partial charge on any atom is 0.319 e. The van der Waals surface area contributed by atoms with E-state index in [1.807, 2.05) is 38.1 Å². The van der Waals surface area contributed by atoms with Crippen molar-refractivity contribution in [1.82, 2.24) is 10.5 Å². The molecule has 1 aromatic heterocycles. The van der Waals surface area contributed by atoms with E-state index in [1.54, 1.807) is 6.92 Å². The van der Waals surface area contributed by atoms with Crippen molar-refractivity contribution < 1.29 is 14.4 Å². The first-order chi connectivity index (χ1) is 10.5. The van der Waals surface area contributed by atoms with E-state index in [0.29, 0.717) is 23.6 Å². The number of nitrogens with zero attached hydrogens (tertiary/aromatic N) is 1. The summed E-state index contributed by atoms with van der Waals surface area (Å²) < 4.78 is 5.05. The number of anilines is 1. The number of aryl methyl sites for hydroxylation is 3. The average molecular weight is 303 g/mol. The molecule has 1 heterocycles. The van der Waals surface area contributed by atoms with Gasteiger partial charge in [0.25, 0.3) is 0 Å². The molecule has 1 unspecified atom stereocenters. The summed E-state index contributed by atoms with van der Waals surface area (Å²) in [5, 5.41) is 19.3. The highest BCUT2D eigenvalue weighted by molar-refractivity contribution is 5.90. The summed E-state index contributed by atoms with van der Waals surface area (Å²) in [5.74, 6) is 0.561. The molecule has 0 saturated heterocycles. The molecule has 0 aliphatic carbocycles. The van der Waals surface area contributed by atoms with Gasteiger partial charge in [-0.3, -0.25) is 0 Å². The molecule has 2 amide bonds. The van der Waals surface area contributed by atoms with E-state index in [9.17, 15) is 9.90 Å². The number of aliphatic hydroxyl groups is 1. The van der Waals surface area contributed by atoms with Crippen molar-refractivity contribution in [3.63, 3.8) is 0 Å². The van der Waals surface area contributed by atoms with Gasteiger partial charge in [0, 0.05) is 6.54 Å². The molecule has 2 rings (SSSR count). The number of nitrogens with one attached hydrogen (secondary N) is 2. The predicted molar refractivity (Wildman–Crippen MR) is 83.8 cm³/mol. The van der Waals surface area contributed by atoms with Gasteiger partial charge in [-0.25, -0.2) is 4.79 Å². The summed E-state index contributed by atoms with van der Waals surface area (Å²) in [7, 11) is 0. The van der Waals surface area contributed by atoms with Crippen LogP contribution in [0.1, 0.15) is 35.6 Å². The van der Waals surface area contributed by atoms with Gasteiger partial charge >= 0.3 is 6.03 Å². The lowest BCUT2D eigenvalue weighted by Crippen LogP contribution is -2.32. The lowest BCUT2D eigenvalue weighted by molar-refractivity contribution is 0.175. The predicted octanol–water partition coefficient (Wildman–Crippen LogP) is 2.71. The minimum Gasteiger partial charge on any atom is -0.387 e. The van der Waals surface area contributed by atoms with Crippen LogP contribution in [0.4, 0.5) is 10.5 Å². The Hall–Kier alpha value is -2.34. The standard InChI is InChI=1S/C16H21N3O3/c1-4-13-15(11(3)22-19-13)18-16(21)17-9-14(20)12-7-5-10(2)6-8-12/h5-8,14,20H,4,9H2,1-3H3,(H2,17,18,21). The Bertz CT molecular complexity index is 635. The van der Waals surface area contributed by atoms with Crippen LogP contribution in [0.25, 0.3) is 0 Å². The van der Waals surface area contributed by atoms with Crippen LogP contribution < -0.4 is 10.6 Å². The van der Waals surface area contributed by atoms with E-state index in [0.717, 1.165) is 11.1 Å². The van der Waals surface area contributed by atoms with Gasteiger partial charge in [0.05, 0.1) is 6.10 Å². The lowest BCUT2D eigenvalue weighted by Gasteiger charge is -2.13. The Morgan fingerprint density at radius 3 is 2.64 bits per heavy atom. The second-order valence-electron chi connectivity index (χ2n) is 5.18. The number of benzene rings is 1. The third-order valence-electron chi connectivity index (χ3n) is 3.42. The smallest absolute Gasteiger partial charge is 0.319 e. The van der Waals surface area contributed by atoms with Gasteiger partial charge in [-0.1, -0.05) is 41.9 Å². The SMILES string of the molecule is CCc1noc(C)c1NC(=O)NCC(O)c1ccc(C)cc1. The zero-order chi connectivity index (χ0) is 16.1. The average Bonchev–Trinajstić information content (AvgIpc) is 2.86. The van der Waals surface area contributed by atoms with Crippen LogP contribution in [0, 0.1) is 13.8 Å². The highest BCUT2D eigenvalue weighted by Gasteiger charge is 2.15.